The molecule has 3 heterocycles. The first-order chi connectivity index (χ1) is 20.1. The standard InChI is InChI=1S/C33H16N6OS/c1-35-22-6-10-26(11-7-22)39(27-12-8-23(36-2)9-13-27)28-14-15-29-30(17-28)40-31-18-32(41-33(29)31)21-4-5-24(38-20-21)16-25(19-34)37-3/h4-18,20H/b25-16-. The molecule has 8 heteroatoms. The molecule has 41 heavy (non-hydrogen) atoms. The van der Waals surface area contributed by atoms with Crippen molar-refractivity contribution >= 4 is 67.1 Å². The van der Waals surface area contributed by atoms with Crippen molar-refractivity contribution in [3.05, 3.63) is 137 Å². The molecule has 6 aromatic rings. The summed E-state index contributed by atoms with van der Waals surface area (Å²) in [4.78, 5) is 17.6. The van der Waals surface area contributed by atoms with Crippen molar-refractivity contribution in [3.63, 3.8) is 0 Å². The van der Waals surface area contributed by atoms with Crippen LogP contribution in [-0.2, 0) is 0 Å². The van der Waals surface area contributed by atoms with Gasteiger partial charge in [0.2, 0.25) is 0 Å². The number of benzene rings is 3. The van der Waals surface area contributed by atoms with Crippen LogP contribution < -0.4 is 4.90 Å². The Kier molecular flexibility index (Phi) is 6.44. The Hall–Kier alpha value is -6.19. The normalized spacial score (nSPS) is 11.0. The molecule has 0 saturated carbocycles. The molecule has 6 rings (SSSR count). The molecular weight excluding hydrogens is 528 g/mol. The lowest BCUT2D eigenvalue weighted by molar-refractivity contribution is 0.670. The van der Waals surface area contributed by atoms with Crippen molar-refractivity contribution in [2.45, 2.75) is 0 Å². The lowest BCUT2D eigenvalue weighted by Gasteiger charge is -2.25. The molecule has 0 saturated heterocycles. The predicted molar refractivity (Wildman–Crippen MR) is 162 cm³/mol. The van der Waals surface area contributed by atoms with Gasteiger partial charge in [-0.25, -0.2) is 19.8 Å². The van der Waals surface area contributed by atoms with Crippen LogP contribution in [0.3, 0.4) is 0 Å². The number of hydrogen-bond donors (Lipinski definition) is 0. The maximum Gasteiger partial charge on any atom is 0.264 e. The number of aromatic nitrogens is 1. The zero-order valence-corrected chi connectivity index (χ0v) is 22.1. The van der Waals surface area contributed by atoms with Crippen LogP contribution in [0.25, 0.3) is 52.3 Å². The van der Waals surface area contributed by atoms with Crippen molar-refractivity contribution in [1.29, 1.82) is 5.26 Å². The number of rotatable bonds is 5. The monoisotopic (exact) mass is 544 g/mol. The number of anilines is 3. The zero-order chi connectivity index (χ0) is 28.3. The summed E-state index contributed by atoms with van der Waals surface area (Å²) >= 11 is 1.61. The van der Waals surface area contributed by atoms with E-state index in [4.69, 9.17) is 29.4 Å². The number of furan rings is 1. The number of hydrogen-bond acceptors (Lipinski definition) is 5. The summed E-state index contributed by atoms with van der Waals surface area (Å²) in [5.74, 6) is 0. The highest BCUT2D eigenvalue weighted by molar-refractivity contribution is 7.23. The molecule has 0 aliphatic carbocycles. The Bertz CT molecular complexity index is 2050. The molecule has 0 atom stereocenters. The second kappa shape index (κ2) is 10.5. The van der Waals surface area contributed by atoms with Crippen LogP contribution in [0.4, 0.5) is 28.4 Å². The lowest BCUT2D eigenvalue weighted by atomic mass is 10.1. The molecule has 3 aromatic heterocycles. The zero-order valence-electron chi connectivity index (χ0n) is 21.2. The molecule has 0 aliphatic heterocycles. The maximum absolute atomic E-state index is 8.98. The Morgan fingerprint density at radius 2 is 1.49 bits per heavy atom. The van der Waals surface area contributed by atoms with Gasteiger partial charge < -0.3 is 9.32 Å². The minimum absolute atomic E-state index is 0.0101. The van der Waals surface area contributed by atoms with Gasteiger partial charge in [-0.15, -0.1) is 11.3 Å². The highest BCUT2D eigenvalue weighted by Crippen LogP contribution is 2.43. The Balaban J connectivity index is 1.38. The molecule has 190 valence electrons. The summed E-state index contributed by atoms with van der Waals surface area (Å²) in [6.45, 7) is 21.6. The van der Waals surface area contributed by atoms with Crippen LogP contribution >= 0.6 is 11.3 Å². The summed E-state index contributed by atoms with van der Waals surface area (Å²) < 4.78 is 7.33. The number of nitrogens with zero attached hydrogens (tertiary/aromatic N) is 6. The van der Waals surface area contributed by atoms with Gasteiger partial charge in [-0.05, 0) is 54.6 Å². The van der Waals surface area contributed by atoms with Crippen molar-refractivity contribution in [3.8, 4) is 16.5 Å². The molecule has 0 fully saturated rings. The van der Waals surface area contributed by atoms with Gasteiger partial charge >= 0.3 is 0 Å². The van der Waals surface area contributed by atoms with Gasteiger partial charge in [0.15, 0.2) is 11.4 Å². The van der Waals surface area contributed by atoms with Crippen LogP contribution in [0.15, 0.2) is 101 Å². The van der Waals surface area contributed by atoms with Gasteiger partial charge in [0.05, 0.1) is 36.2 Å². The van der Waals surface area contributed by atoms with Crippen LogP contribution in [-0.4, -0.2) is 4.98 Å². The van der Waals surface area contributed by atoms with Gasteiger partial charge in [-0.3, -0.25) is 4.98 Å². The van der Waals surface area contributed by atoms with E-state index in [-0.39, 0.29) is 5.70 Å². The summed E-state index contributed by atoms with van der Waals surface area (Å²) in [5.41, 5.74) is 6.75. The molecule has 0 amide bonds. The van der Waals surface area contributed by atoms with Crippen molar-refractivity contribution < 1.29 is 4.42 Å². The fourth-order valence-electron chi connectivity index (χ4n) is 4.49. The number of nitriles is 1. The van der Waals surface area contributed by atoms with E-state index in [2.05, 4.69) is 24.4 Å². The Labute approximate surface area is 239 Å². The fourth-order valence-corrected chi connectivity index (χ4v) is 5.59. The van der Waals surface area contributed by atoms with E-state index in [1.54, 1.807) is 47.9 Å². The molecule has 0 bridgehead atoms. The number of allylic oxidation sites excluding steroid dienone is 1. The van der Waals surface area contributed by atoms with E-state index in [0.717, 1.165) is 48.8 Å². The van der Waals surface area contributed by atoms with Gasteiger partial charge in [0, 0.05) is 51.2 Å². The van der Waals surface area contributed by atoms with Crippen molar-refractivity contribution in [2.75, 3.05) is 4.90 Å². The molecule has 7 nitrogen and oxygen atoms in total. The largest absolute Gasteiger partial charge is 0.455 e. The number of fused-ring (bicyclic) bond motifs is 3. The Morgan fingerprint density at radius 1 is 0.829 bits per heavy atom. The van der Waals surface area contributed by atoms with Gasteiger partial charge in [-0.1, -0.05) is 24.3 Å². The van der Waals surface area contributed by atoms with Crippen LogP contribution in [0.1, 0.15) is 5.69 Å². The molecule has 0 N–H and O–H groups in total. The van der Waals surface area contributed by atoms with Crippen molar-refractivity contribution in [1.82, 2.24) is 4.98 Å². The third-order valence-electron chi connectivity index (χ3n) is 6.45. The first-order valence-corrected chi connectivity index (χ1v) is 13.1. The minimum atomic E-state index is -0.0101. The summed E-state index contributed by atoms with van der Waals surface area (Å²) in [5, 5.41) is 9.97. The van der Waals surface area contributed by atoms with Gasteiger partial charge in [-0.2, -0.15) is 0 Å². The fraction of sp³-hybridized carbons (Fsp3) is 0. The number of thiophene rings is 1. The maximum atomic E-state index is 8.98. The topological polar surface area (TPSA) is 66.1 Å². The molecular formula is C33H16N6OS. The van der Waals surface area contributed by atoms with Crippen LogP contribution in [0, 0.1) is 31.0 Å². The second-order valence-corrected chi connectivity index (χ2v) is 9.96. The van der Waals surface area contributed by atoms with Gasteiger partial charge in [0.25, 0.3) is 5.70 Å². The lowest BCUT2D eigenvalue weighted by Crippen LogP contribution is -2.09. The van der Waals surface area contributed by atoms with Crippen LogP contribution in [0.5, 0.6) is 0 Å². The predicted octanol–water partition coefficient (Wildman–Crippen LogP) is 10.1. The minimum Gasteiger partial charge on any atom is -0.455 e. The van der Waals surface area contributed by atoms with E-state index in [1.807, 2.05) is 60.7 Å². The van der Waals surface area contributed by atoms with Crippen molar-refractivity contribution in [2.24, 2.45) is 0 Å². The van der Waals surface area contributed by atoms with E-state index < -0.39 is 0 Å². The Morgan fingerprint density at radius 3 is 2.05 bits per heavy atom. The second-order valence-electron chi connectivity index (χ2n) is 8.90. The average molecular weight is 545 g/mol. The summed E-state index contributed by atoms with van der Waals surface area (Å²) in [6.07, 6.45) is 3.19. The average Bonchev–Trinajstić information content (AvgIpc) is 3.59. The van der Waals surface area contributed by atoms with Gasteiger partial charge in [0.1, 0.15) is 11.2 Å². The highest BCUT2D eigenvalue weighted by atomic mass is 32.1. The smallest absolute Gasteiger partial charge is 0.264 e. The first kappa shape index (κ1) is 25.1. The van der Waals surface area contributed by atoms with E-state index in [1.165, 1.54) is 6.08 Å². The summed E-state index contributed by atoms with van der Waals surface area (Å²) in [6, 6.07) is 28.4. The third-order valence-corrected chi connectivity index (χ3v) is 7.65. The molecule has 0 spiro atoms. The summed E-state index contributed by atoms with van der Waals surface area (Å²) in [7, 11) is 0. The molecule has 0 unspecified atom stereocenters. The van der Waals surface area contributed by atoms with E-state index in [9.17, 15) is 0 Å². The van der Waals surface area contributed by atoms with E-state index >= 15 is 0 Å². The molecule has 0 radical (unpaired) electrons. The molecule has 3 aromatic carbocycles. The molecule has 0 aliphatic rings. The number of pyridine rings is 1. The third kappa shape index (κ3) is 4.76. The highest BCUT2D eigenvalue weighted by Gasteiger charge is 2.17. The SMILES string of the molecule is [C-]#[N+]/C(C#N)=C\c1ccc(-c2cc3oc4cc(N(c5ccc([N+]#[C-])cc5)c5ccc([N+]#[C-])cc5)ccc4c3s2)cn1. The quantitative estimate of drug-likeness (QED) is 0.160. The first-order valence-electron chi connectivity index (χ1n) is 12.3. The van der Waals surface area contributed by atoms with E-state index in [0.29, 0.717) is 17.1 Å². The van der Waals surface area contributed by atoms with Crippen LogP contribution in [0.2, 0.25) is 0 Å².